The highest BCUT2D eigenvalue weighted by Crippen LogP contribution is 2.47. The number of hydrogen-bond acceptors (Lipinski definition) is 2. The van der Waals surface area contributed by atoms with Crippen LogP contribution in [-0.2, 0) is 16.6 Å². The number of Topliss-reactive ketones (excluding diaryl/α,β-unsaturated/α-hetero) is 1. The number of carbonyl (C=O) groups is 1. The van der Waals surface area contributed by atoms with E-state index in [1.807, 2.05) is 0 Å². The molecule has 2 nitrogen and oxygen atoms in total. The first-order valence-electron chi connectivity index (χ1n) is 10.5. The van der Waals surface area contributed by atoms with Crippen molar-refractivity contribution in [3.63, 3.8) is 0 Å². The zero-order valence-corrected chi connectivity index (χ0v) is 15.8. The second kappa shape index (κ2) is 7.23. The third-order valence-electron chi connectivity index (χ3n) is 7.36. The molecule has 1 spiro atoms. The van der Waals surface area contributed by atoms with Gasteiger partial charge < -0.3 is 4.90 Å². The van der Waals surface area contributed by atoms with Crippen molar-refractivity contribution < 1.29 is 4.79 Å². The van der Waals surface area contributed by atoms with E-state index in [-0.39, 0.29) is 11.3 Å². The van der Waals surface area contributed by atoms with E-state index in [1.54, 1.807) is 12.5 Å². The predicted octanol–water partition coefficient (Wildman–Crippen LogP) is 4.89. The highest BCUT2D eigenvalue weighted by Gasteiger charge is 2.44. The number of carbonyl (C=O) groups excluding carboxylic acids is 1. The van der Waals surface area contributed by atoms with Gasteiger partial charge >= 0.3 is 0 Å². The van der Waals surface area contributed by atoms with Crippen molar-refractivity contribution in [2.45, 2.75) is 82.6 Å². The smallest absolute Gasteiger partial charge is 0.133 e. The molecule has 25 heavy (non-hydrogen) atoms. The highest BCUT2D eigenvalue weighted by molar-refractivity contribution is 5.79. The minimum absolute atomic E-state index is 0.235. The van der Waals surface area contributed by atoms with Crippen LogP contribution in [0.3, 0.4) is 0 Å². The number of ketones is 1. The molecule has 1 aromatic rings. The van der Waals surface area contributed by atoms with Gasteiger partial charge in [0.25, 0.3) is 0 Å². The maximum Gasteiger partial charge on any atom is 0.133 e. The minimum atomic E-state index is 0.235. The zero-order chi connectivity index (χ0) is 17.3. The molecule has 1 unspecified atom stereocenters. The Bertz CT molecular complexity index is 606. The molecule has 4 rings (SSSR count). The van der Waals surface area contributed by atoms with Crippen LogP contribution in [0, 0.1) is 5.92 Å². The molecule has 0 amide bonds. The molecule has 0 N–H and O–H groups in total. The van der Waals surface area contributed by atoms with Crippen molar-refractivity contribution in [3.8, 4) is 0 Å². The Hall–Kier alpha value is -1.15. The largest absolute Gasteiger partial charge is 0.300 e. The molecule has 0 aromatic heterocycles. The number of hydrogen-bond donors (Lipinski definition) is 0. The Kier molecular flexibility index (Phi) is 4.99. The van der Waals surface area contributed by atoms with Crippen molar-refractivity contribution >= 4 is 5.78 Å². The second-order valence-corrected chi connectivity index (χ2v) is 8.83. The molecule has 2 fully saturated rings. The molecular formula is C23H33NO. The fraction of sp³-hybridized carbons (Fsp3) is 0.696. The molecule has 0 bridgehead atoms. The molecule has 1 heterocycles. The fourth-order valence-corrected chi connectivity index (χ4v) is 5.84. The minimum Gasteiger partial charge on any atom is -0.300 e. The topological polar surface area (TPSA) is 20.3 Å². The summed E-state index contributed by atoms with van der Waals surface area (Å²) < 4.78 is 0. The number of piperidine rings is 1. The monoisotopic (exact) mass is 339 g/mol. The summed E-state index contributed by atoms with van der Waals surface area (Å²) in [6.45, 7) is 4.25. The average Bonchev–Trinajstić information content (AvgIpc) is 2.92. The summed E-state index contributed by atoms with van der Waals surface area (Å²) in [4.78, 5) is 15.0. The Balaban J connectivity index is 1.53. The van der Waals surface area contributed by atoms with Crippen LogP contribution in [0.1, 0.15) is 75.8 Å². The third-order valence-corrected chi connectivity index (χ3v) is 7.36. The van der Waals surface area contributed by atoms with Crippen molar-refractivity contribution in [2.75, 3.05) is 13.1 Å². The lowest BCUT2D eigenvalue weighted by Gasteiger charge is -2.49. The van der Waals surface area contributed by atoms with E-state index in [4.69, 9.17) is 0 Å². The van der Waals surface area contributed by atoms with Crippen LogP contribution in [-0.4, -0.2) is 29.8 Å². The van der Waals surface area contributed by atoms with E-state index in [9.17, 15) is 4.79 Å². The highest BCUT2D eigenvalue weighted by atomic mass is 16.1. The number of rotatable bonds is 2. The lowest BCUT2D eigenvalue weighted by Crippen LogP contribution is -2.49. The van der Waals surface area contributed by atoms with Gasteiger partial charge in [0.1, 0.15) is 5.78 Å². The molecule has 3 aliphatic rings. The lowest BCUT2D eigenvalue weighted by molar-refractivity contribution is -0.121. The first-order valence-corrected chi connectivity index (χ1v) is 10.5. The van der Waals surface area contributed by atoms with Gasteiger partial charge in [-0.1, -0.05) is 49.9 Å². The first-order chi connectivity index (χ1) is 12.2. The van der Waals surface area contributed by atoms with E-state index in [2.05, 4.69) is 29.2 Å². The van der Waals surface area contributed by atoms with Gasteiger partial charge in [0.2, 0.25) is 0 Å². The number of fused-ring (bicyclic) bond motifs is 2. The van der Waals surface area contributed by atoms with Crippen LogP contribution in [0.15, 0.2) is 24.3 Å². The van der Waals surface area contributed by atoms with Crippen molar-refractivity contribution in [2.24, 2.45) is 5.92 Å². The summed E-state index contributed by atoms with van der Waals surface area (Å²) in [5.41, 5.74) is 3.26. The van der Waals surface area contributed by atoms with Crippen LogP contribution in [0.4, 0.5) is 0 Å². The van der Waals surface area contributed by atoms with Crippen molar-refractivity contribution in [3.05, 3.63) is 35.4 Å². The Morgan fingerprint density at radius 3 is 2.40 bits per heavy atom. The van der Waals surface area contributed by atoms with Crippen LogP contribution >= 0.6 is 0 Å². The fourth-order valence-electron chi connectivity index (χ4n) is 5.84. The van der Waals surface area contributed by atoms with Crippen LogP contribution in [0.2, 0.25) is 0 Å². The molecule has 1 saturated heterocycles. The van der Waals surface area contributed by atoms with E-state index in [1.165, 1.54) is 70.0 Å². The molecule has 2 heteroatoms. The van der Waals surface area contributed by atoms with Gasteiger partial charge in [0.05, 0.1) is 0 Å². The first kappa shape index (κ1) is 17.3. The molecule has 1 atom stereocenters. The SMILES string of the molecule is CC(=O)C1Cc2ccccc2C2(CCN(C3CCCCCC3)CC2)C1. The third kappa shape index (κ3) is 3.43. The van der Waals surface area contributed by atoms with Crippen LogP contribution < -0.4 is 0 Å². The molecule has 136 valence electrons. The van der Waals surface area contributed by atoms with Crippen molar-refractivity contribution in [1.29, 1.82) is 0 Å². The lowest BCUT2D eigenvalue weighted by atomic mass is 9.61. The Labute approximate surface area is 153 Å². The number of nitrogens with zero attached hydrogens (tertiary/aromatic N) is 1. The van der Waals surface area contributed by atoms with E-state index >= 15 is 0 Å². The second-order valence-electron chi connectivity index (χ2n) is 8.83. The average molecular weight is 340 g/mol. The Morgan fingerprint density at radius 2 is 1.72 bits per heavy atom. The molecule has 1 aliphatic heterocycles. The zero-order valence-electron chi connectivity index (χ0n) is 15.8. The Morgan fingerprint density at radius 1 is 1.04 bits per heavy atom. The van der Waals surface area contributed by atoms with E-state index < -0.39 is 0 Å². The van der Waals surface area contributed by atoms with Crippen molar-refractivity contribution in [1.82, 2.24) is 4.90 Å². The maximum atomic E-state index is 12.2. The predicted molar refractivity (Wildman–Crippen MR) is 103 cm³/mol. The van der Waals surface area contributed by atoms with Gasteiger partial charge in [0, 0.05) is 12.0 Å². The van der Waals surface area contributed by atoms with Crippen LogP contribution in [0.25, 0.3) is 0 Å². The van der Waals surface area contributed by atoms with E-state index in [0.717, 1.165) is 18.9 Å². The van der Waals surface area contributed by atoms with Gasteiger partial charge in [0.15, 0.2) is 0 Å². The van der Waals surface area contributed by atoms with E-state index in [0.29, 0.717) is 5.78 Å². The number of benzene rings is 1. The molecule has 2 aliphatic carbocycles. The number of likely N-dealkylation sites (tertiary alicyclic amines) is 1. The molecule has 1 aromatic carbocycles. The summed E-state index contributed by atoms with van der Waals surface area (Å²) >= 11 is 0. The standard InChI is InChI=1S/C23H33NO/c1-18(25)20-16-19-8-6-7-11-22(19)23(17-20)12-14-24(15-13-23)21-9-4-2-3-5-10-21/h6-8,11,20-21H,2-5,9-10,12-17H2,1H3. The van der Waals surface area contributed by atoms with Gasteiger partial charge in [-0.2, -0.15) is 0 Å². The maximum absolute atomic E-state index is 12.2. The summed E-state index contributed by atoms with van der Waals surface area (Å²) in [6, 6.07) is 9.79. The summed E-state index contributed by atoms with van der Waals surface area (Å²) in [7, 11) is 0. The summed E-state index contributed by atoms with van der Waals surface area (Å²) in [5, 5.41) is 0. The molecular weight excluding hydrogens is 306 g/mol. The molecule has 0 radical (unpaired) electrons. The summed E-state index contributed by atoms with van der Waals surface area (Å²) in [6.07, 6.45) is 13.0. The molecule has 1 saturated carbocycles. The van der Waals surface area contributed by atoms with Crippen LogP contribution in [0.5, 0.6) is 0 Å². The van der Waals surface area contributed by atoms with Gasteiger partial charge in [-0.05, 0) is 75.1 Å². The normalized spacial score (nSPS) is 27.6. The summed E-state index contributed by atoms with van der Waals surface area (Å²) in [5.74, 6) is 0.624. The van der Waals surface area contributed by atoms with Gasteiger partial charge in [-0.15, -0.1) is 0 Å². The van der Waals surface area contributed by atoms with Gasteiger partial charge in [-0.3, -0.25) is 4.79 Å². The quantitative estimate of drug-likeness (QED) is 0.715. The van der Waals surface area contributed by atoms with Gasteiger partial charge in [-0.25, -0.2) is 0 Å².